The fraction of sp³-hybridized carbons (Fsp3) is 0.304. The van der Waals surface area contributed by atoms with Crippen LogP contribution in [0.4, 0.5) is 0 Å². The van der Waals surface area contributed by atoms with Crippen molar-refractivity contribution in [3.05, 3.63) is 166 Å². The van der Waals surface area contributed by atoms with Crippen LogP contribution in [0.1, 0.15) is 98.5 Å². The Hall–Kier alpha value is -0.800. The molecule has 282 valence electrons. The van der Waals surface area contributed by atoms with Crippen LogP contribution >= 0.6 is 34.1 Å². The number of fused-ring (bicyclic) bond motifs is 4. The second-order valence-corrected chi connectivity index (χ2v) is 123. The van der Waals surface area contributed by atoms with Crippen molar-refractivity contribution in [1.82, 2.24) is 0 Å². The number of unbranched alkanes of at least 4 members (excludes halogenated alkanes) is 3. The minimum atomic E-state index is -5.25. The SMILES string of the molecule is CC[SiH2][Zr]([Cl])([Cl])([CH2]CCCC[CH2][Zr]([Cl])([Cl])([SiH2]CC)([CH]1C=Cc2ccccc21)[CH]1C=Cc2ccccc21)([CH]1C=Cc2ccccc21)[CH]1C=Cc2ccccc21. The molecule has 4 atom stereocenters. The van der Waals surface area contributed by atoms with Gasteiger partial charge in [0, 0.05) is 0 Å². The van der Waals surface area contributed by atoms with E-state index < -0.39 is 41.4 Å². The zero-order valence-corrected chi connectivity index (χ0v) is 42.5. The molecule has 0 aromatic heterocycles. The fourth-order valence-electron chi connectivity index (χ4n) is 12.5. The average Bonchev–Trinajstić information content (AvgIpc) is 3.99. The second-order valence-electron chi connectivity index (χ2n) is 17.8. The van der Waals surface area contributed by atoms with E-state index in [2.05, 4.69) is 160 Å². The molecule has 0 amide bonds. The molecule has 0 spiro atoms. The standard InChI is InChI=1S/4C9H7.C6H12.2C2H7Si.4ClH.2Zr/c4*1-2-5-9-7-3-6-8(9)4-1;1-3-5-6-4-2;2*1-2-3;;;;;;/h4*1-7H;1-6H2;2*2-3H2,1H3;4*1H;;/q;;;;;;;;;;;2*+2/p-4. The first-order chi connectivity index (χ1) is 25.8. The molecule has 4 unspecified atom stereocenters. The van der Waals surface area contributed by atoms with E-state index in [1.807, 2.05) is 0 Å². The summed E-state index contributed by atoms with van der Waals surface area (Å²) in [7, 11) is 35.4. The summed E-state index contributed by atoms with van der Waals surface area (Å²) in [5.41, 5.74) is 10.6. The predicted molar refractivity (Wildman–Crippen MR) is 242 cm³/mol. The molecule has 0 fully saturated rings. The van der Waals surface area contributed by atoms with Crippen LogP contribution in [0.25, 0.3) is 24.3 Å². The molecule has 54 heavy (non-hydrogen) atoms. The van der Waals surface area contributed by atoms with Crippen LogP contribution in [-0.4, -0.2) is 13.3 Å². The average molecular weight is 987 g/mol. The Bertz CT molecular complexity index is 1980. The summed E-state index contributed by atoms with van der Waals surface area (Å²) in [4.78, 5) is 0. The van der Waals surface area contributed by atoms with Crippen LogP contribution in [-0.2, 0) is 28.1 Å². The first kappa shape index (κ1) is 40.0. The van der Waals surface area contributed by atoms with Crippen LogP contribution < -0.4 is 0 Å². The zero-order chi connectivity index (χ0) is 37.8. The molecule has 0 saturated heterocycles. The van der Waals surface area contributed by atoms with Gasteiger partial charge in [0.25, 0.3) is 0 Å². The van der Waals surface area contributed by atoms with Crippen LogP contribution in [0.2, 0.25) is 20.3 Å². The minimum absolute atomic E-state index is 0.109. The Labute approximate surface area is 336 Å². The van der Waals surface area contributed by atoms with Crippen molar-refractivity contribution in [1.29, 1.82) is 0 Å². The molecule has 8 heteroatoms. The van der Waals surface area contributed by atoms with Gasteiger partial charge < -0.3 is 0 Å². The summed E-state index contributed by atoms with van der Waals surface area (Å²) in [6.07, 6.45) is 23.2. The number of hydrogen-bond acceptors (Lipinski definition) is 0. The third-order valence-corrected chi connectivity index (χ3v) is 119. The number of hydrogen-bond donors (Lipinski definition) is 0. The number of benzene rings is 4. The summed E-state index contributed by atoms with van der Waals surface area (Å²) in [5.74, 6) is 0. The van der Waals surface area contributed by atoms with E-state index in [-0.39, 0.29) is 14.5 Å². The van der Waals surface area contributed by atoms with Crippen LogP contribution in [0.3, 0.4) is 0 Å². The Balaban J connectivity index is 1.12. The fourth-order valence-corrected chi connectivity index (χ4v) is 114. The number of allylic oxidation sites excluding steroid dienone is 4. The normalized spacial score (nSPS) is 23.7. The molecule has 0 radical (unpaired) electrons. The Kier molecular flexibility index (Phi) is 10.3. The third-order valence-electron chi connectivity index (χ3n) is 14.8. The maximum absolute atomic E-state index is 8.85. The first-order valence-corrected chi connectivity index (χ1v) is 56.2. The van der Waals surface area contributed by atoms with E-state index in [4.69, 9.17) is 34.1 Å². The summed E-state index contributed by atoms with van der Waals surface area (Å²) in [6, 6.07) is 37.7. The van der Waals surface area contributed by atoms with Gasteiger partial charge in [0.1, 0.15) is 0 Å². The van der Waals surface area contributed by atoms with Gasteiger partial charge in [0.15, 0.2) is 0 Å². The summed E-state index contributed by atoms with van der Waals surface area (Å²) in [6.45, 7) is 2.93. The molecule has 4 aromatic rings. The molecule has 0 aliphatic heterocycles. The van der Waals surface area contributed by atoms with Crippen molar-refractivity contribution in [2.75, 3.05) is 0 Å². The molecule has 0 heterocycles. The Morgan fingerprint density at radius 2 is 0.667 bits per heavy atom. The van der Waals surface area contributed by atoms with Gasteiger partial charge in [-0.2, -0.15) is 0 Å². The van der Waals surface area contributed by atoms with E-state index >= 15 is 0 Å². The van der Waals surface area contributed by atoms with E-state index in [1.165, 1.54) is 44.5 Å². The number of halogens is 4. The molecule has 0 nitrogen and oxygen atoms in total. The Morgan fingerprint density at radius 1 is 0.407 bits per heavy atom. The molecule has 8 rings (SSSR count). The van der Waals surface area contributed by atoms with Crippen molar-refractivity contribution in [2.24, 2.45) is 0 Å². The number of rotatable bonds is 15. The molecule has 4 aliphatic rings. The molecule has 0 saturated carbocycles. The summed E-state index contributed by atoms with van der Waals surface area (Å²) in [5, 5.41) is 0. The van der Waals surface area contributed by atoms with Gasteiger partial charge in [-0.1, -0.05) is 0 Å². The van der Waals surface area contributed by atoms with Crippen LogP contribution in [0.5, 0.6) is 0 Å². The quantitative estimate of drug-likeness (QED) is 0.0822. The van der Waals surface area contributed by atoms with Crippen LogP contribution in [0.15, 0.2) is 121 Å². The van der Waals surface area contributed by atoms with Gasteiger partial charge in [0.2, 0.25) is 0 Å². The molecule has 4 aromatic carbocycles. The monoisotopic (exact) mass is 982 g/mol. The van der Waals surface area contributed by atoms with Crippen molar-refractivity contribution in [2.45, 2.75) is 74.4 Å². The van der Waals surface area contributed by atoms with Gasteiger partial charge in [0.05, 0.1) is 0 Å². The van der Waals surface area contributed by atoms with Gasteiger partial charge in [-0.3, -0.25) is 0 Å². The summed E-state index contributed by atoms with van der Waals surface area (Å²) < 4.78 is 2.32. The van der Waals surface area contributed by atoms with Crippen molar-refractivity contribution < 1.29 is 28.1 Å². The Morgan fingerprint density at radius 3 is 0.926 bits per heavy atom. The van der Waals surface area contributed by atoms with Gasteiger partial charge >= 0.3 is 340 Å². The first-order valence-electron chi connectivity index (χ1n) is 20.5. The van der Waals surface area contributed by atoms with E-state index in [9.17, 15) is 0 Å². The van der Waals surface area contributed by atoms with Crippen molar-refractivity contribution in [3.63, 3.8) is 0 Å². The summed E-state index contributed by atoms with van der Waals surface area (Å²) >= 11 is -10.5. The molecule has 0 N–H and O–H groups in total. The van der Waals surface area contributed by atoms with Gasteiger partial charge in [-0.15, -0.1) is 0 Å². The molecule has 4 aliphatic carbocycles. The predicted octanol–water partition coefficient (Wildman–Crippen LogP) is 14.6. The topological polar surface area (TPSA) is 0 Å². The second kappa shape index (κ2) is 13.9. The zero-order valence-electron chi connectivity index (χ0n) is 31.7. The maximum atomic E-state index is 8.85. The molecular formula is C46H54Cl4Si2Zr2. The van der Waals surface area contributed by atoms with Gasteiger partial charge in [-0.05, 0) is 0 Å². The van der Waals surface area contributed by atoms with Gasteiger partial charge in [-0.25, -0.2) is 0 Å². The van der Waals surface area contributed by atoms with E-state index in [0.717, 1.165) is 46.0 Å². The molecular weight excluding hydrogens is 933 g/mol. The third kappa shape index (κ3) is 6.04. The van der Waals surface area contributed by atoms with Crippen molar-refractivity contribution >= 4 is 71.6 Å². The van der Waals surface area contributed by atoms with E-state index in [0.29, 0.717) is 0 Å². The van der Waals surface area contributed by atoms with Crippen molar-refractivity contribution in [3.8, 4) is 0 Å². The molecule has 0 bridgehead atoms. The van der Waals surface area contributed by atoms with Crippen LogP contribution in [0, 0.1) is 0 Å². The van der Waals surface area contributed by atoms with E-state index in [1.54, 1.807) is 0 Å².